The van der Waals surface area contributed by atoms with Crippen LogP contribution in [0.4, 0.5) is 10.2 Å². The molecule has 0 radical (unpaired) electrons. The minimum atomic E-state index is -0.484. The summed E-state index contributed by atoms with van der Waals surface area (Å²) >= 11 is 0. The number of halogens is 1. The molecule has 3 aromatic rings. The Kier molecular flexibility index (Phi) is 4.88. The lowest BCUT2D eigenvalue weighted by Crippen LogP contribution is -2.48. The van der Waals surface area contributed by atoms with Crippen molar-refractivity contribution in [3.05, 3.63) is 71.4 Å². The van der Waals surface area contributed by atoms with Crippen molar-refractivity contribution >= 4 is 11.7 Å². The summed E-state index contributed by atoms with van der Waals surface area (Å²) in [6.45, 7) is 4.54. The third-order valence-electron chi connectivity index (χ3n) is 6.23. The first kappa shape index (κ1) is 19.6. The normalized spacial score (nSPS) is 22.0. The second-order valence-corrected chi connectivity index (χ2v) is 8.52. The van der Waals surface area contributed by atoms with E-state index < -0.39 is 5.82 Å². The molecule has 4 heterocycles. The average Bonchev–Trinajstić information content (AvgIpc) is 3.36. The largest absolute Gasteiger partial charge is 0.365 e. The number of piperidine rings is 1. The molecule has 2 aliphatic rings. The average molecular weight is 417 g/mol. The summed E-state index contributed by atoms with van der Waals surface area (Å²) in [5, 5.41) is 3.51. The summed E-state index contributed by atoms with van der Waals surface area (Å²) in [6, 6.07) is 10.6. The van der Waals surface area contributed by atoms with Crippen molar-refractivity contribution in [2.45, 2.75) is 38.8 Å². The quantitative estimate of drug-likeness (QED) is 0.695. The molecular formula is C24H24FN5O. The topological polar surface area (TPSA) is 71.0 Å². The molecule has 0 spiro atoms. The van der Waals surface area contributed by atoms with Gasteiger partial charge in [-0.1, -0.05) is 6.07 Å². The fourth-order valence-corrected chi connectivity index (χ4v) is 4.78. The summed E-state index contributed by atoms with van der Waals surface area (Å²) < 4.78 is 14.5. The van der Waals surface area contributed by atoms with E-state index in [9.17, 15) is 9.18 Å². The van der Waals surface area contributed by atoms with E-state index in [4.69, 9.17) is 0 Å². The van der Waals surface area contributed by atoms with Crippen LogP contribution < -0.4 is 5.32 Å². The summed E-state index contributed by atoms with van der Waals surface area (Å²) in [7, 11) is 0. The van der Waals surface area contributed by atoms with Crippen LogP contribution in [-0.2, 0) is 0 Å². The number of amides is 1. The van der Waals surface area contributed by atoms with E-state index in [0.717, 1.165) is 24.2 Å². The number of anilines is 1. The van der Waals surface area contributed by atoms with Gasteiger partial charge in [0.05, 0.1) is 11.6 Å². The minimum absolute atomic E-state index is 0.0725. The van der Waals surface area contributed by atoms with Crippen LogP contribution in [0.1, 0.15) is 34.5 Å². The van der Waals surface area contributed by atoms with Gasteiger partial charge in [0.1, 0.15) is 17.2 Å². The fraction of sp³-hybridized carbons (Fsp3) is 0.333. The molecule has 3 atom stereocenters. The van der Waals surface area contributed by atoms with Gasteiger partial charge in [-0.15, -0.1) is 0 Å². The Hall–Kier alpha value is -3.35. The van der Waals surface area contributed by atoms with Gasteiger partial charge in [-0.25, -0.2) is 9.37 Å². The number of rotatable bonds is 4. The molecule has 1 aliphatic heterocycles. The molecule has 1 amide bonds. The highest BCUT2D eigenvalue weighted by molar-refractivity contribution is 6.00. The number of carbonyl (C=O) groups excluding carboxylic acids is 1. The molecular weight excluding hydrogens is 393 g/mol. The van der Waals surface area contributed by atoms with Crippen molar-refractivity contribution in [1.29, 1.82) is 0 Å². The number of nitrogens with zero attached hydrogens (tertiary/aromatic N) is 4. The van der Waals surface area contributed by atoms with Crippen LogP contribution in [0, 0.1) is 25.6 Å². The molecule has 158 valence electrons. The van der Waals surface area contributed by atoms with E-state index in [1.54, 1.807) is 12.1 Å². The molecule has 1 saturated heterocycles. The maximum Gasteiger partial charge on any atom is 0.256 e. The van der Waals surface area contributed by atoms with Crippen LogP contribution in [0.25, 0.3) is 11.4 Å². The zero-order valence-electron chi connectivity index (χ0n) is 17.5. The molecule has 2 fully saturated rings. The Morgan fingerprint density at radius 2 is 1.97 bits per heavy atom. The predicted octanol–water partition coefficient (Wildman–Crippen LogP) is 4.01. The zero-order valence-corrected chi connectivity index (χ0v) is 17.5. The van der Waals surface area contributed by atoms with Crippen molar-refractivity contribution < 1.29 is 9.18 Å². The summed E-state index contributed by atoms with van der Waals surface area (Å²) in [4.78, 5) is 28.6. The molecule has 2 bridgehead atoms. The number of likely N-dealkylation sites (tertiary alicyclic amines) is 1. The lowest BCUT2D eigenvalue weighted by Gasteiger charge is -2.34. The van der Waals surface area contributed by atoms with Gasteiger partial charge < -0.3 is 10.2 Å². The molecule has 1 saturated carbocycles. The number of carbonyl (C=O) groups is 1. The van der Waals surface area contributed by atoms with E-state index in [0.29, 0.717) is 29.4 Å². The van der Waals surface area contributed by atoms with Gasteiger partial charge in [-0.2, -0.15) is 0 Å². The Balaban J connectivity index is 1.43. The predicted molar refractivity (Wildman–Crippen MR) is 116 cm³/mol. The number of fused-ring (bicyclic) bond motifs is 2. The summed E-state index contributed by atoms with van der Waals surface area (Å²) in [5.74, 6) is 0.667. The van der Waals surface area contributed by atoms with Crippen molar-refractivity contribution in [1.82, 2.24) is 19.9 Å². The minimum Gasteiger partial charge on any atom is -0.365 e. The first-order valence-corrected chi connectivity index (χ1v) is 10.6. The molecule has 6 nitrogen and oxygen atoms in total. The zero-order chi connectivity index (χ0) is 21.5. The van der Waals surface area contributed by atoms with E-state index in [2.05, 4.69) is 20.3 Å². The Morgan fingerprint density at radius 3 is 2.71 bits per heavy atom. The molecule has 1 N–H and O–H groups in total. The number of aryl methyl sites for hydroxylation is 2. The number of hydrogen-bond acceptors (Lipinski definition) is 5. The third kappa shape index (κ3) is 3.65. The van der Waals surface area contributed by atoms with Crippen molar-refractivity contribution in [2.75, 3.05) is 11.9 Å². The van der Waals surface area contributed by atoms with E-state index in [-0.39, 0.29) is 23.7 Å². The van der Waals surface area contributed by atoms with Crippen LogP contribution in [0.5, 0.6) is 0 Å². The maximum absolute atomic E-state index is 14.5. The lowest BCUT2D eigenvalue weighted by molar-refractivity contribution is 0.0692. The number of nitrogens with one attached hydrogen (secondary N) is 1. The lowest BCUT2D eigenvalue weighted by atomic mass is 10.0. The molecule has 0 aromatic carbocycles. The summed E-state index contributed by atoms with van der Waals surface area (Å²) in [5.41, 5.74) is 2.62. The van der Waals surface area contributed by atoms with Gasteiger partial charge in [0.15, 0.2) is 5.82 Å². The molecule has 7 heteroatoms. The maximum atomic E-state index is 14.5. The Morgan fingerprint density at radius 1 is 1.10 bits per heavy atom. The van der Waals surface area contributed by atoms with Gasteiger partial charge in [0, 0.05) is 30.7 Å². The summed E-state index contributed by atoms with van der Waals surface area (Å²) in [6.07, 6.45) is 5.33. The second kappa shape index (κ2) is 7.72. The third-order valence-corrected chi connectivity index (χ3v) is 6.23. The highest BCUT2D eigenvalue weighted by atomic mass is 19.1. The SMILES string of the molecule is Cc1ccc(NC2CC3CC2N(C(=O)c2ccc(C)nc2-c2ncccc2F)C3)nc1. The molecule has 3 aromatic heterocycles. The van der Waals surface area contributed by atoms with Gasteiger partial charge in [0.25, 0.3) is 5.91 Å². The van der Waals surface area contributed by atoms with Gasteiger partial charge in [-0.3, -0.25) is 14.8 Å². The van der Waals surface area contributed by atoms with Gasteiger partial charge in [-0.05, 0) is 68.5 Å². The van der Waals surface area contributed by atoms with Crippen molar-refractivity contribution in [3.8, 4) is 11.4 Å². The number of hydrogen-bond donors (Lipinski definition) is 1. The van der Waals surface area contributed by atoms with E-state index in [1.165, 1.54) is 18.3 Å². The standard InChI is InChI=1S/C24H24FN5O/c1-14-5-8-21(27-12-14)29-19-10-16-11-20(19)30(13-16)24(31)17-7-6-15(2)28-22(17)23-18(25)4-3-9-26-23/h3-9,12,16,19-20H,10-11,13H2,1-2H3,(H,27,29). The van der Waals surface area contributed by atoms with Gasteiger partial charge >= 0.3 is 0 Å². The van der Waals surface area contributed by atoms with Crippen LogP contribution in [0.3, 0.4) is 0 Å². The van der Waals surface area contributed by atoms with Crippen LogP contribution in [-0.4, -0.2) is 44.4 Å². The highest BCUT2D eigenvalue weighted by Crippen LogP contribution is 2.40. The number of pyridine rings is 3. The fourth-order valence-electron chi connectivity index (χ4n) is 4.78. The highest BCUT2D eigenvalue weighted by Gasteiger charge is 2.47. The van der Waals surface area contributed by atoms with Gasteiger partial charge in [0.2, 0.25) is 0 Å². The Labute approximate surface area is 180 Å². The first-order chi connectivity index (χ1) is 15.0. The Bertz CT molecular complexity index is 1130. The molecule has 31 heavy (non-hydrogen) atoms. The molecule has 1 aliphatic carbocycles. The smallest absolute Gasteiger partial charge is 0.256 e. The van der Waals surface area contributed by atoms with Crippen LogP contribution in [0.15, 0.2) is 48.8 Å². The monoisotopic (exact) mass is 417 g/mol. The van der Waals surface area contributed by atoms with E-state index >= 15 is 0 Å². The molecule has 3 unspecified atom stereocenters. The second-order valence-electron chi connectivity index (χ2n) is 8.52. The van der Waals surface area contributed by atoms with Crippen molar-refractivity contribution in [3.63, 3.8) is 0 Å². The number of aromatic nitrogens is 3. The van der Waals surface area contributed by atoms with Crippen LogP contribution in [0.2, 0.25) is 0 Å². The van der Waals surface area contributed by atoms with Crippen molar-refractivity contribution in [2.24, 2.45) is 5.92 Å². The van der Waals surface area contributed by atoms with E-state index in [1.807, 2.05) is 37.1 Å². The first-order valence-electron chi connectivity index (χ1n) is 10.6. The molecule has 5 rings (SSSR count). The van der Waals surface area contributed by atoms with Crippen LogP contribution >= 0.6 is 0 Å².